The molecule has 0 aliphatic carbocycles. The summed E-state index contributed by atoms with van der Waals surface area (Å²) in [6.45, 7) is 3.90. The molecule has 23 heavy (non-hydrogen) atoms. The van der Waals surface area contributed by atoms with Crippen LogP contribution in [0.15, 0.2) is 42.5 Å². The zero-order valence-corrected chi connectivity index (χ0v) is 12.7. The predicted molar refractivity (Wildman–Crippen MR) is 84.1 cm³/mol. The van der Waals surface area contributed by atoms with Gasteiger partial charge < -0.3 is 10.6 Å². The number of anilines is 2. The fraction of sp³-hybridized carbons (Fsp3) is 0.176. The lowest BCUT2D eigenvalue weighted by Gasteiger charge is -2.13. The van der Waals surface area contributed by atoms with E-state index >= 15 is 0 Å². The minimum atomic E-state index is -1.08. The highest BCUT2D eigenvalue weighted by atomic mass is 19.1. The summed E-state index contributed by atoms with van der Waals surface area (Å²) in [4.78, 5) is 23.8. The van der Waals surface area contributed by atoms with Crippen LogP contribution in [0.25, 0.3) is 0 Å². The predicted octanol–water partition coefficient (Wildman–Crippen LogP) is 3.67. The summed E-state index contributed by atoms with van der Waals surface area (Å²) in [5, 5.41) is 4.53. The van der Waals surface area contributed by atoms with Crippen LogP contribution in [0.2, 0.25) is 0 Å². The lowest BCUT2D eigenvalue weighted by atomic mass is 10.0. The molecule has 0 bridgehead atoms. The molecule has 0 aliphatic rings. The first-order chi connectivity index (χ1) is 10.9. The zero-order valence-electron chi connectivity index (χ0n) is 12.7. The fourth-order valence-electron chi connectivity index (χ4n) is 2.07. The highest BCUT2D eigenvalue weighted by Gasteiger charge is 2.18. The number of nitrogens with one attached hydrogen (secondary N) is 2. The van der Waals surface area contributed by atoms with Gasteiger partial charge in [0.15, 0.2) is 0 Å². The molecule has 0 heterocycles. The maximum Gasteiger partial charge on any atom is 0.314 e. The van der Waals surface area contributed by atoms with Gasteiger partial charge in [-0.15, -0.1) is 0 Å². The summed E-state index contributed by atoms with van der Waals surface area (Å²) in [7, 11) is 0. The van der Waals surface area contributed by atoms with E-state index < -0.39 is 23.4 Å². The topological polar surface area (TPSA) is 58.2 Å². The van der Waals surface area contributed by atoms with Gasteiger partial charge in [-0.1, -0.05) is 32.0 Å². The van der Waals surface area contributed by atoms with Crippen molar-refractivity contribution in [3.63, 3.8) is 0 Å². The van der Waals surface area contributed by atoms with Crippen LogP contribution >= 0.6 is 0 Å². The molecule has 2 aromatic carbocycles. The Morgan fingerprint density at radius 3 is 2.17 bits per heavy atom. The lowest BCUT2D eigenvalue weighted by Crippen LogP contribution is -2.29. The van der Waals surface area contributed by atoms with Crippen LogP contribution < -0.4 is 10.6 Å². The monoisotopic (exact) mass is 318 g/mol. The summed E-state index contributed by atoms with van der Waals surface area (Å²) in [5.74, 6) is -3.42. The van der Waals surface area contributed by atoms with Crippen LogP contribution in [-0.4, -0.2) is 11.8 Å². The molecule has 2 N–H and O–H groups in total. The Hall–Kier alpha value is -2.76. The number of benzene rings is 2. The van der Waals surface area contributed by atoms with Crippen LogP contribution in [0, 0.1) is 11.6 Å². The number of hydrogen-bond donors (Lipinski definition) is 2. The van der Waals surface area contributed by atoms with E-state index in [4.69, 9.17) is 0 Å². The van der Waals surface area contributed by atoms with Crippen molar-refractivity contribution in [1.29, 1.82) is 0 Å². The minimum absolute atomic E-state index is 0.148. The van der Waals surface area contributed by atoms with Crippen molar-refractivity contribution in [2.75, 3.05) is 10.6 Å². The molecule has 0 unspecified atom stereocenters. The summed E-state index contributed by atoms with van der Waals surface area (Å²) < 4.78 is 26.5. The van der Waals surface area contributed by atoms with Crippen LogP contribution in [0.5, 0.6) is 0 Å². The molecular formula is C17H16F2N2O2. The van der Waals surface area contributed by atoms with Crippen LogP contribution in [-0.2, 0) is 9.59 Å². The first-order valence-electron chi connectivity index (χ1n) is 7.04. The SMILES string of the molecule is CC(C)c1ccccc1NC(=O)C(=O)Nc1cc(F)ccc1F. The van der Waals surface area contributed by atoms with Gasteiger partial charge in [0.2, 0.25) is 0 Å². The van der Waals surface area contributed by atoms with Gasteiger partial charge in [-0.2, -0.15) is 0 Å². The number of carbonyl (C=O) groups excluding carboxylic acids is 2. The molecule has 0 saturated heterocycles. The highest BCUT2D eigenvalue weighted by molar-refractivity contribution is 6.43. The first kappa shape index (κ1) is 16.6. The van der Waals surface area contributed by atoms with Crippen LogP contribution in [0.1, 0.15) is 25.3 Å². The van der Waals surface area contributed by atoms with Crippen molar-refractivity contribution in [3.8, 4) is 0 Å². The van der Waals surface area contributed by atoms with E-state index in [-0.39, 0.29) is 11.6 Å². The van der Waals surface area contributed by atoms with E-state index in [1.165, 1.54) is 0 Å². The summed E-state index contributed by atoms with van der Waals surface area (Å²) in [6.07, 6.45) is 0. The second-order valence-corrected chi connectivity index (χ2v) is 5.27. The molecular weight excluding hydrogens is 302 g/mol. The van der Waals surface area contributed by atoms with E-state index in [9.17, 15) is 18.4 Å². The van der Waals surface area contributed by atoms with Gasteiger partial charge in [0.25, 0.3) is 0 Å². The van der Waals surface area contributed by atoms with Gasteiger partial charge in [0, 0.05) is 11.8 Å². The molecule has 2 aromatic rings. The van der Waals surface area contributed by atoms with Crippen molar-refractivity contribution in [1.82, 2.24) is 0 Å². The average Bonchev–Trinajstić information content (AvgIpc) is 2.51. The standard InChI is InChI=1S/C17H16F2N2O2/c1-10(2)12-5-3-4-6-14(12)20-16(22)17(23)21-15-9-11(18)7-8-13(15)19/h3-10H,1-2H3,(H,20,22)(H,21,23). The Balaban J connectivity index is 2.12. The van der Waals surface area contributed by atoms with Gasteiger partial charge >= 0.3 is 11.8 Å². The molecule has 0 saturated carbocycles. The molecule has 0 radical (unpaired) electrons. The van der Waals surface area contributed by atoms with E-state index in [0.717, 1.165) is 23.8 Å². The van der Waals surface area contributed by atoms with Crippen molar-refractivity contribution in [2.24, 2.45) is 0 Å². The Labute approximate surface area is 132 Å². The van der Waals surface area contributed by atoms with Crippen molar-refractivity contribution >= 4 is 23.2 Å². The van der Waals surface area contributed by atoms with E-state index in [1.807, 2.05) is 26.0 Å². The number of halogens is 2. The van der Waals surface area contributed by atoms with Gasteiger partial charge in [0.05, 0.1) is 5.69 Å². The Bertz CT molecular complexity index is 745. The summed E-state index contributed by atoms with van der Waals surface area (Å²) in [6, 6.07) is 9.66. The minimum Gasteiger partial charge on any atom is -0.318 e. The van der Waals surface area contributed by atoms with E-state index in [1.54, 1.807) is 12.1 Å². The summed E-state index contributed by atoms with van der Waals surface area (Å²) >= 11 is 0. The molecule has 2 rings (SSSR count). The molecule has 0 aromatic heterocycles. The second-order valence-electron chi connectivity index (χ2n) is 5.27. The molecule has 4 nitrogen and oxygen atoms in total. The molecule has 2 amide bonds. The normalized spacial score (nSPS) is 10.5. The van der Waals surface area contributed by atoms with Gasteiger partial charge in [0.1, 0.15) is 11.6 Å². The quantitative estimate of drug-likeness (QED) is 0.849. The highest BCUT2D eigenvalue weighted by Crippen LogP contribution is 2.23. The van der Waals surface area contributed by atoms with Crippen molar-refractivity contribution in [3.05, 3.63) is 59.7 Å². The van der Waals surface area contributed by atoms with E-state index in [2.05, 4.69) is 10.6 Å². The molecule has 0 aliphatic heterocycles. The molecule has 0 fully saturated rings. The third-order valence-electron chi connectivity index (χ3n) is 3.21. The molecule has 0 spiro atoms. The number of hydrogen-bond acceptors (Lipinski definition) is 2. The molecule has 0 atom stereocenters. The van der Waals surface area contributed by atoms with Crippen LogP contribution in [0.3, 0.4) is 0 Å². The fourth-order valence-corrected chi connectivity index (χ4v) is 2.07. The zero-order chi connectivity index (χ0) is 17.0. The number of para-hydroxylation sites is 1. The van der Waals surface area contributed by atoms with Gasteiger partial charge in [-0.25, -0.2) is 8.78 Å². The molecule has 120 valence electrons. The van der Waals surface area contributed by atoms with Crippen LogP contribution in [0.4, 0.5) is 20.2 Å². The Morgan fingerprint density at radius 2 is 1.52 bits per heavy atom. The van der Waals surface area contributed by atoms with Crippen molar-refractivity contribution in [2.45, 2.75) is 19.8 Å². The van der Waals surface area contributed by atoms with Gasteiger partial charge in [-0.05, 0) is 29.7 Å². The third-order valence-corrected chi connectivity index (χ3v) is 3.21. The second kappa shape index (κ2) is 7.00. The third kappa shape index (κ3) is 4.12. The Kier molecular flexibility index (Phi) is 5.05. The average molecular weight is 318 g/mol. The summed E-state index contributed by atoms with van der Waals surface area (Å²) in [5.41, 5.74) is 0.982. The Morgan fingerprint density at radius 1 is 0.913 bits per heavy atom. The number of rotatable bonds is 3. The molecule has 6 heteroatoms. The van der Waals surface area contributed by atoms with Crippen molar-refractivity contribution < 1.29 is 18.4 Å². The smallest absolute Gasteiger partial charge is 0.314 e. The maximum absolute atomic E-state index is 13.5. The van der Waals surface area contributed by atoms with Gasteiger partial charge in [-0.3, -0.25) is 9.59 Å². The lowest BCUT2D eigenvalue weighted by molar-refractivity contribution is -0.133. The maximum atomic E-state index is 13.5. The van der Waals surface area contributed by atoms with E-state index in [0.29, 0.717) is 5.69 Å². The number of carbonyl (C=O) groups is 2. The largest absolute Gasteiger partial charge is 0.318 e. The number of amides is 2. The first-order valence-corrected chi connectivity index (χ1v) is 7.04.